The SMILES string of the molecule is CCCCCCCCCCCCCCCC(=O)N/N=C\c1ccc(Cl)c([N+](=O)[O-])c1. The fraction of sp³-hybridized carbons (Fsp3) is 0.652. The molecule has 0 heterocycles. The van der Waals surface area contributed by atoms with Gasteiger partial charge in [-0.3, -0.25) is 14.9 Å². The van der Waals surface area contributed by atoms with Crippen LogP contribution in [-0.4, -0.2) is 17.0 Å². The zero-order valence-electron chi connectivity index (χ0n) is 18.2. The zero-order chi connectivity index (χ0) is 22.0. The second kappa shape index (κ2) is 16.8. The zero-order valence-corrected chi connectivity index (χ0v) is 19.0. The Hall–Kier alpha value is -1.95. The lowest BCUT2D eigenvalue weighted by molar-refractivity contribution is -0.384. The average molecular weight is 438 g/mol. The summed E-state index contributed by atoms with van der Waals surface area (Å²) in [5.41, 5.74) is 2.79. The lowest BCUT2D eigenvalue weighted by atomic mass is 10.0. The van der Waals surface area contributed by atoms with Crippen molar-refractivity contribution in [1.82, 2.24) is 5.43 Å². The number of nitro groups is 1. The standard InChI is InChI=1S/C23H36ClN3O3/c1-2-3-4-5-6-7-8-9-10-11-12-13-14-15-23(28)26-25-19-20-16-17-21(24)22(18-20)27(29)30/h16-19H,2-15H2,1H3,(H,26,28)/b25-19-. The summed E-state index contributed by atoms with van der Waals surface area (Å²) in [6, 6.07) is 4.37. The monoisotopic (exact) mass is 437 g/mol. The molecule has 0 unspecified atom stereocenters. The lowest BCUT2D eigenvalue weighted by Crippen LogP contribution is -2.16. The molecule has 1 N–H and O–H groups in total. The third-order valence-electron chi connectivity index (χ3n) is 5.08. The van der Waals surface area contributed by atoms with E-state index in [2.05, 4.69) is 17.5 Å². The Balaban J connectivity index is 2.02. The fourth-order valence-electron chi connectivity index (χ4n) is 3.29. The van der Waals surface area contributed by atoms with Gasteiger partial charge < -0.3 is 0 Å². The highest BCUT2D eigenvalue weighted by atomic mass is 35.5. The molecule has 168 valence electrons. The van der Waals surface area contributed by atoms with Crippen molar-refractivity contribution < 1.29 is 9.72 Å². The quantitative estimate of drug-likeness (QED) is 0.121. The number of halogens is 1. The summed E-state index contributed by atoms with van der Waals surface area (Å²) in [6.07, 6.45) is 18.3. The molecule has 1 aromatic rings. The van der Waals surface area contributed by atoms with Crippen LogP contribution >= 0.6 is 11.6 Å². The Labute approximate surface area is 185 Å². The Morgan fingerprint density at radius 2 is 1.53 bits per heavy atom. The van der Waals surface area contributed by atoms with Crippen LogP contribution in [-0.2, 0) is 4.79 Å². The van der Waals surface area contributed by atoms with Crippen LogP contribution in [0.15, 0.2) is 23.3 Å². The molecule has 0 saturated carbocycles. The molecule has 0 saturated heterocycles. The van der Waals surface area contributed by atoms with Gasteiger partial charge in [-0.05, 0) is 12.5 Å². The van der Waals surface area contributed by atoms with Gasteiger partial charge in [-0.1, -0.05) is 102 Å². The number of nitro benzene ring substituents is 1. The first-order valence-corrected chi connectivity index (χ1v) is 11.7. The van der Waals surface area contributed by atoms with Crippen LogP contribution < -0.4 is 5.43 Å². The van der Waals surface area contributed by atoms with Crippen molar-refractivity contribution in [2.75, 3.05) is 0 Å². The maximum atomic E-state index is 11.8. The smallest absolute Gasteiger partial charge is 0.273 e. The number of amides is 1. The Morgan fingerprint density at radius 3 is 2.07 bits per heavy atom. The third-order valence-corrected chi connectivity index (χ3v) is 5.40. The first-order valence-electron chi connectivity index (χ1n) is 11.3. The van der Waals surface area contributed by atoms with E-state index in [1.807, 2.05) is 0 Å². The number of rotatable bonds is 17. The predicted octanol–water partition coefficient (Wildman–Crippen LogP) is 7.18. The molecule has 30 heavy (non-hydrogen) atoms. The van der Waals surface area contributed by atoms with E-state index in [0.717, 1.165) is 12.8 Å². The fourth-order valence-corrected chi connectivity index (χ4v) is 3.47. The highest BCUT2D eigenvalue weighted by Gasteiger charge is 2.11. The van der Waals surface area contributed by atoms with Gasteiger partial charge in [-0.2, -0.15) is 5.10 Å². The second-order valence-corrected chi connectivity index (χ2v) is 8.16. The topological polar surface area (TPSA) is 84.6 Å². The predicted molar refractivity (Wildman–Crippen MR) is 124 cm³/mol. The van der Waals surface area contributed by atoms with Crippen LogP contribution in [0.5, 0.6) is 0 Å². The minimum atomic E-state index is -0.549. The van der Waals surface area contributed by atoms with Crippen LogP contribution in [0.2, 0.25) is 5.02 Å². The normalized spacial score (nSPS) is 11.1. The van der Waals surface area contributed by atoms with Crippen molar-refractivity contribution in [2.45, 2.75) is 96.8 Å². The molecule has 0 atom stereocenters. The van der Waals surface area contributed by atoms with E-state index >= 15 is 0 Å². The number of nitrogens with one attached hydrogen (secondary N) is 1. The molecule has 0 aromatic heterocycles. The molecule has 0 aliphatic carbocycles. The number of hydrogen-bond acceptors (Lipinski definition) is 4. The van der Waals surface area contributed by atoms with Crippen molar-refractivity contribution in [3.63, 3.8) is 0 Å². The van der Waals surface area contributed by atoms with E-state index in [9.17, 15) is 14.9 Å². The molecular formula is C23H36ClN3O3. The number of carbonyl (C=O) groups excluding carboxylic acids is 1. The van der Waals surface area contributed by atoms with Gasteiger partial charge in [-0.25, -0.2) is 5.43 Å². The number of hydrogen-bond donors (Lipinski definition) is 1. The van der Waals surface area contributed by atoms with Crippen molar-refractivity contribution in [3.8, 4) is 0 Å². The summed E-state index contributed by atoms with van der Waals surface area (Å²) < 4.78 is 0. The first-order chi connectivity index (χ1) is 14.5. The number of hydrazone groups is 1. The first kappa shape index (κ1) is 26.1. The van der Waals surface area contributed by atoms with E-state index < -0.39 is 4.92 Å². The molecule has 0 aliphatic rings. The van der Waals surface area contributed by atoms with Crippen molar-refractivity contribution in [2.24, 2.45) is 5.10 Å². The number of nitrogens with zero attached hydrogens (tertiary/aromatic N) is 2. The van der Waals surface area contributed by atoms with Crippen molar-refractivity contribution >= 4 is 29.4 Å². The van der Waals surface area contributed by atoms with Crippen molar-refractivity contribution in [3.05, 3.63) is 38.9 Å². The number of benzene rings is 1. The van der Waals surface area contributed by atoms with E-state index in [4.69, 9.17) is 11.6 Å². The van der Waals surface area contributed by atoms with Crippen molar-refractivity contribution in [1.29, 1.82) is 0 Å². The molecule has 1 amide bonds. The number of carbonyl (C=O) groups is 1. The summed E-state index contributed by atoms with van der Waals surface area (Å²) in [7, 11) is 0. The van der Waals surface area contributed by atoms with E-state index in [-0.39, 0.29) is 16.6 Å². The molecule has 1 aromatic carbocycles. The Kier molecular flexibility index (Phi) is 14.6. The Morgan fingerprint density at radius 1 is 1.00 bits per heavy atom. The summed E-state index contributed by atoms with van der Waals surface area (Å²) in [4.78, 5) is 22.1. The highest BCUT2D eigenvalue weighted by Crippen LogP contribution is 2.24. The molecule has 7 heteroatoms. The maximum absolute atomic E-state index is 11.8. The van der Waals surface area contributed by atoms with Gasteiger partial charge in [0.15, 0.2) is 0 Å². The molecule has 6 nitrogen and oxygen atoms in total. The molecule has 0 fully saturated rings. The van der Waals surface area contributed by atoms with Gasteiger partial charge in [0.2, 0.25) is 5.91 Å². The van der Waals surface area contributed by atoms with Gasteiger partial charge in [-0.15, -0.1) is 0 Å². The third kappa shape index (κ3) is 12.6. The minimum Gasteiger partial charge on any atom is -0.273 e. The summed E-state index contributed by atoms with van der Waals surface area (Å²) in [5, 5.41) is 14.8. The molecule has 1 rings (SSSR count). The van der Waals surface area contributed by atoms with Crippen LogP contribution in [0.4, 0.5) is 5.69 Å². The summed E-state index contributed by atoms with van der Waals surface area (Å²) in [5.74, 6) is -0.141. The van der Waals surface area contributed by atoms with Gasteiger partial charge >= 0.3 is 0 Å². The Bertz CT molecular complexity index is 665. The molecular weight excluding hydrogens is 402 g/mol. The summed E-state index contributed by atoms with van der Waals surface area (Å²) in [6.45, 7) is 2.25. The second-order valence-electron chi connectivity index (χ2n) is 7.75. The summed E-state index contributed by atoms with van der Waals surface area (Å²) >= 11 is 5.77. The van der Waals surface area contributed by atoms with Gasteiger partial charge in [0.25, 0.3) is 5.69 Å². The van der Waals surface area contributed by atoms with E-state index in [1.165, 1.54) is 89.0 Å². The van der Waals surface area contributed by atoms with E-state index in [1.54, 1.807) is 6.07 Å². The highest BCUT2D eigenvalue weighted by molar-refractivity contribution is 6.32. The molecule has 0 radical (unpaired) electrons. The molecule has 0 aliphatic heterocycles. The van der Waals surface area contributed by atoms with Crippen LogP contribution in [0.25, 0.3) is 0 Å². The molecule has 0 bridgehead atoms. The average Bonchev–Trinajstić information content (AvgIpc) is 2.72. The lowest BCUT2D eigenvalue weighted by Gasteiger charge is -2.03. The van der Waals surface area contributed by atoms with Crippen LogP contribution in [0.3, 0.4) is 0 Å². The molecule has 0 spiro atoms. The largest absolute Gasteiger partial charge is 0.288 e. The minimum absolute atomic E-state index is 0.0728. The van der Waals surface area contributed by atoms with Gasteiger partial charge in [0, 0.05) is 18.1 Å². The maximum Gasteiger partial charge on any atom is 0.288 e. The van der Waals surface area contributed by atoms with Gasteiger partial charge in [0.1, 0.15) is 5.02 Å². The van der Waals surface area contributed by atoms with Crippen LogP contribution in [0, 0.1) is 10.1 Å². The van der Waals surface area contributed by atoms with E-state index in [0.29, 0.717) is 12.0 Å². The van der Waals surface area contributed by atoms with Gasteiger partial charge in [0.05, 0.1) is 11.1 Å². The number of unbranched alkanes of at least 4 members (excludes halogenated alkanes) is 12. The van der Waals surface area contributed by atoms with Crippen LogP contribution in [0.1, 0.15) is 102 Å².